The number of nitrogens with zero attached hydrogens (tertiary/aromatic N) is 5. The molecular formula is C22H32N6O4. The molecule has 0 unspecified atom stereocenters. The van der Waals surface area contributed by atoms with E-state index in [1.165, 1.54) is 0 Å². The average molecular weight is 445 g/mol. The Balaban J connectivity index is 1.60. The third-order valence-corrected chi connectivity index (χ3v) is 5.53. The molecule has 1 N–H and O–H groups in total. The maximum absolute atomic E-state index is 12.8. The number of aromatic nitrogens is 2. The number of piperazine rings is 1. The molecule has 1 aliphatic rings. The van der Waals surface area contributed by atoms with Gasteiger partial charge >= 0.3 is 6.03 Å². The van der Waals surface area contributed by atoms with Crippen molar-refractivity contribution in [2.45, 2.75) is 13.8 Å². The lowest BCUT2D eigenvalue weighted by atomic mass is 10.2. The van der Waals surface area contributed by atoms with Gasteiger partial charge in [-0.3, -0.25) is 0 Å². The number of carbonyl (C=O) groups is 1. The van der Waals surface area contributed by atoms with Gasteiger partial charge in [-0.1, -0.05) is 0 Å². The minimum Gasteiger partial charge on any atom is -0.493 e. The smallest absolute Gasteiger partial charge is 0.321 e. The Morgan fingerprint density at radius 1 is 0.969 bits per heavy atom. The minimum absolute atomic E-state index is 0.179. The van der Waals surface area contributed by atoms with Gasteiger partial charge in [0.1, 0.15) is 0 Å². The van der Waals surface area contributed by atoms with Crippen molar-refractivity contribution in [3.05, 3.63) is 24.3 Å². The number of rotatable bonds is 8. The van der Waals surface area contributed by atoms with Gasteiger partial charge in [-0.2, -0.15) is 0 Å². The first-order valence-corrected chi connectivity index (χ1v) is 10.7. The summed E-state index contributed by atoms with van der Waals surface area (Å²) in [6, 6.07) is 7.23. The van der Waals surface area contributed by atoms with Crippen LogP contribution in [0.5, 0.6) is 17.2 Å². The predicted molar refractivity (Wildman–Crippen MR) is 124 cm³/mol. The number of benzene rings is 1. The SMILES string of the molecule is CCN(CC)c1ccc(N2CCN(C(=O)Nc3cc(OC)c(OC)c(OC)c3)CC2)nn1. The van der Waals surface area contributed by atoms with E-state index >= 15 is 0 Å². The molecule has 2 aromatic rings. The first-order valence-electron chi connectivity index (χ1n) is 10.7. The standard InChI is InChI=1S/C22H32N6O4/c1-6-26(7-2)19-8-9-20(25-24-19)27-10-12-28(13-11-27)22(29)23-16-14-17(30-3)21(32-5)18(15-16)31-4/h8-9,14-15H,6-7,10-13H2,1-5H3,(H,23,29). The highest BCUT2D eigenvalue weighted by atomic mass is 16.5. The van der Waals surface area contributed by atoms with E-state index in [1.54, 1.807) is 38.4 Å². The van der Waals surface area contributed by atoms with E-state index in [1.807, 2.05) is 12.1 Å². The summed E-state index contributed by atoms with van der Waals surface area (Å²) in [6.07, 6.45) is 0. The third kappa shape index (κ3) is 5.06. The maximum Gasteiger partial charge on any atom is 0.321 e. The first kappa shape index (κ1) is 23.2. The molecule has 2 heterocycles. The lowest BCUT2D eigenvalue weighted by molar-refractivity contribution is 0.208. The molecular weight excluding hydrogens is 412 g/mol. The molecule has 10 heteroatoms. The monoisotopic (exact) mass is 444 g/mol. The number of amides is 2. The van der Waals surface area contributed by atoms with E-state index in [9.17, 15) is 4.79 Å². The van der Waals surface area contributed by atoms with Crippen molar-refractivity contribution in [1.82, 2.24) is 15.1 Å². The van der Waals surface area contributed by atoms with Gasteiger partial charge in [0.25, 0.3) is 0 Å². The Hall–Kier alpha value is -3.43. The van der Waals surface area contributed by atoms with Gasteiger partial charge in [0.2, 0.25) is 5.75 Å². The minimum atomic E-state index is -0.179. The number of anilines is 3. The molecule has 2 amide bonds. The highest BCUT2D eigenvalue weighted by molar-refractivity contribution is 5.90. The van der Waals surface area contributed by atoms with E-state index in [4.69, 9.17) is 14.2 Å². The topological polar surface area (TPSA) is 92.3 Å². The van der Waals surface area contributed by atoms with Crippen molar-refractivity contribution in [1.29, 1.82) is 0 Å². The van der Waals surface area contributed by atoms with Crippen LogP contribution in [0.3, 0.4) is 0 Å². The van der Waals surface area contributed by atoms with E-state index in [0.29, 0.717) is 49.1 Å². The fraction of sp³-hybridized carbons (Fsp3) is 0.500. The van der Waals surface area contributed by atoms with Crippen LogP contribution in [0.2, 0.25) is 0 Å². The van der Waals surface area contributed by atoms with Crippen LogP contribution in [0.4, 0.5) is 22.1 Å². The second-order valence-corrected chi connectivity index (χ2v) is 7.24. The number of ether oxygens (including phenoxy) is 3. The molecule has 1 aliphatic heterocycles. The molecule has 10 nitrogen and oxygen atoms in total. The van der Waals surface area contributed by atoms with Gasteiger partial charge in [0, 0.05) is 51.4 Å². The van der Waals surface area contributed by atoms with Crippen LogP contribution in [0.25, 0.3) is 0 Å². The van der Waals surface area contributed by atoms with Crippen LogP contribution in [0.15, 0.2) is 24.3 Å². The fourth-order valence-electron chi connectivity index (χ4n) is 3.70. The number of hydrogen-bond donors (Lipinski definition) is 1. The van der Waals surface area contributed by atoms with Crippen molar-refractivity contribution < 1.29 is 19.0 Å². The second-order valence-electron chi connectivity index (χ2n) is 7.24. The second kappa shape index (κ2) is 10.7. The van der Waals surface area contributed by atoms with Crippen LogP contribution in [-0.2, 0) is 0 Å². The van der Waals surface area contributed by atoms with Crippen molar-refractivity contribution in [2.24, 2.45) is 0 Å². The number of urea groups is 1. The fourth-order valence-corrected chi connectivity index (χ4v) is 3.70. The number of carbonyl (C=O) groups excluding carboxylic acids is 1. The quantitative estimate of drug-likeness (QED) is 0.665. The number of nitrogens with one attached hydrogen (secondary N) is 1. The van der Waals surface area contributed by atoms with Gasteiger partial charge < -0.3 is 34.2 Å². The van der Waals surface area contributed by atoms with Gasteiger partial charge in [-0.05, 0) is 26.0 Å². The number of methoxy groups -OCH3 is 3. The lowest BCUT2D eigenvalue weighted by Crippen LogP contribution is -2.50. The van der Waals surface area contributed by atoms with Crippen LogP contribution >= 0.6 is 0 Å². The zero-order valence-electron chi connectivity index (χ0n) is 19.4. The first-order chi connectivity index (χ1) is 15.5. The van der Waals surface area contributed by atoms with E-state index in [2.05, 4.69) is 39.2 Å². The molecule has 174 valence electrons. The van der Waals surface area contributed by atoms with Gasteiger partial charge in [0.15, 0.2) is 23.1 Å². The zero-order chi connectivity index (χ0) is 23.1. The predicted octanol–water partition coefficient (Wildman–Crippen LogP) is 2.70. The van der Waals surface area contributed by atoms with Gasteiger partial charge in [0.05, 0.1) is 27.0 Å². The maximum atomic E-state index is 12.8. The van der Waals surface area contributed by atoms with E-state index < -0.39 is 0 Å². The van der Waals surface area contributed by atoms with Crippen LogP contribution in [0, 0.1) is 0 Å². The summed E-state index contributed by atoms with van der Waals surface area (Å²) in [5.74, 6) is 3.15. The molecule has 0 spiro atoms. The largest absolute Gasteiger partial charge is 0.493 e. The summed E-state index contributed by atoms with van der Waals surface area (Å²) in [6.45, 7) is 8.51. The van der Waals surface area contributed by atoms with Crippen molar-refractivity contribution >= 4 is 23.4 Å². The third-order valence-electron chi connectivity index (χ3n) is 5.53. The Morgan fingerprint density at radius 3 is 2.06 bits per heavy atom. The molecule has 0 saturated carbocycles. The zero-order valence-corrected chi connectivity index (χ0v) is 19.4. The number of hydrogen-bond acceptors (Lipinski definition) is 8. The lowest BCUT2D eigenvalue weighted by Gasteiger charge is -2.35. The molecule has 3 rings (SSSR count). The highest BCUT2D eigenvalue weighted by Crippen LogP contribution is 2.40. The van der Waals surface area contributed by atoms with Crippen LogP contribution < -0.4 is 29.3 Å². The molecule has 0 atom stereocenters. The molecule has 32 heavy (non-hydrogen) atoms. The molecule has 0 radical (unpaired) electrons. The van der Waals surface area contributed by atoms with E-state index in [-0.39, 0.29) is 6.03 Å². The molecule has 0 bridgehead atoms. The van der Waals surface area contributed by atoms with E-state index in [0.717, 1.165) is 24.7 Å². The molecule has 1 aromatic heterocycles. The molecule has 1 fully saturated rings. The summed E-state index contributed by atoms with van der Waals surface area (Å²) in [5, 5.41) is 11.7. The normalized spacial score (nSPS) is 13.5. The Morgan fingerprint density at radius 2 is 1.59 bits per heavy atom. The Labute approximate surface area is 189 Å². The van der Waals surface area contributed by atoms with Gasteiger partial charge in [-0.25, -0.2) is 4.79 Å². The molecule has 0 aliphatic carbocycles. The van der Waals surface area contributed by atoms with Gasteiger partial charge in [-0.15, -0.1) is 10.2 Å². The van der Waals surface area contributed by atoms with Crippen molar-refractivity contribution in [2.75, 3.05) is 75.7 Å². The summed E-state index contributed by atoms with van der Waals surface area (Å²) < 4.78 is 16.0. The van der Waals surface area contributed by atoms with Crippen LogP contribution in [-0.4, -0.2) is 81.7 Å². The summed E-state index contributed by atoms with van der Waals surface area (Å²) in [7, 11) is 4.62. The Kier molecular flexibility index (Phi) is 7.80. The summed E-state index contributed by atoms with van der Waals surface area (Å²) in [4.78, 5) is 18.9. The molecule has 1 saturated heterocycles. The van der Waals surface area contributed by atoms with Crippen molar-refractivity contribution in [3.63, 3.8) is 0 Å². The highest BCUT2D eigenvalue weighted by Gasteiger charge is 2.23. The summed E-state index contributed by atoms with van der Waals surface area (Å²) in [5.41, 5.74) is 0.574. The molecule has 1 aromatic carbocycles. The van der Waals surface area contributed by atoms with Crippen LogP contribution in [0.1, 0.15) is 13.8 Å². The van der Waals surface area contributed by atoms with Crippen molar-refractivity contribution in [3.8, 4) is 17.2 Å². The average Bonchev–Trinajstić information content (AvgIpc) is 2.84. The summed E-state index contributed by atoms with van der Waals surface area (Å²) >= 11 is 0. The Bertz CT molecular complexity index is 871.